The highest BCUT2D eigenvalue weighted by Crippen LogP contribution is 2.60. The van der Waals surface area contributed by atoms with Crippen LogP contribution in [0, 0.1) is 16.7 Å². The molecule has 0 aromatic rings. The summed E-state index contributed by atoms with van der Waals surface area (Å²) in [5.41, 5.74) is 0.646. The van der Waals surface area contributed by atoms with Crippen LogP contribution in [0.3, 0.4) is 0 Å². The van der Waals surface area contributed by atoms with Gasteiger partial charge in [0.15, 0.2) is 0 Å². The van der Waals surface area contributed by atoms with E-state index in [1.807, 2.05) is 0 Å². The molecule has 1 aliphatic heterocycles. The van der Waals surface area contributed by atoms with Crippen molar-refractivity contribution in [2.24, 2.45) is 16.7 Å². The van der Waals surface area contributed by atoms with Gasteiger partial charge >= 0.3 is 0 Å². The van der Waals surface area contributed by atoms with Crippen LogP contribution in [-0.4, -0.2) is 37.7 Å². The predicted molar refractivity (Wildman–Crippen MR) is 88.1 cm³/mol. The van der Waals surface area contributed by atoms with Crippen LogP contribution in [0.2, 0.25) is 0 Å². The Morgan fingerprint density at radius 1 is 1.27 bits per heavy atom. The monoisotopic (exact) mass is 328 g/mol. The molecule has 4 fully saturated rings. The minimum absolute atomic E-state index is 0. The Balaban J connectivity index is 0.00000144. The lowest BCUT2D eigenvalue weighted by Crippen LogP contribution is -2.67. The van der Waals surface area contributed by atoms with Gasteiger partial charge in [0, 0.05) is 24.0 Å². The molecule has 0 bridgehead atoms. The molecule has 4 rings (SSSR count). The van der Waals surface area contributed by atoms with Gasteiger partial charge in [-0.15, -0.1) is 12.4 Å². The number of hydrogen-bond acceptors (Lipinski definition) is 3. The smallest absolute Gasteiger partial charge is 0.223 e. The van der Waals surface area contributed by atoms with Gasteiger partial charge in [-0.05, 0) is 64.0 Å². The molecule has 0 aromatic heterocycles. The number of rotatable bonds is 4. The number of nitrogens with one attached hydrogen (secondary N) is 2. The van der Waals surface area contributed by atoms with Gasteiger partial charge in [-0.2, -0.15) is 0 Å². The van der Waals surface area contributed by atoms with E-state index >= 15 is 0 Å². The van der Waals surface area contributed by atoms with Crippen LogP contribution < -0.4 is 10.6 Å². The van der Waals surface area contributed by atoms with E-state index in [9.17, 15) is 4.79 Å². The number of halogens is 1. The van der Waals surface area contributed by atoms with Gasteiger partial charge in [0.25, 0.3) is 0 Å². The lowest BCUT2D eigenvalue weighted by Gasteiger charge is -2.61. The van der Waals surface area contributed by atoms with Crippen molar-refractivity contribution >= 4 is 18.3 Å². The van der Waals surface area contributed by atoms with Crippen molar-refractivity contribution in [2.45, 2.75) is 64.0 Å². The van der Waals surface area contributed by atoms with Crippen LogP contribution in [0.4, 0.5) is 0 Å². The first-order valence-corrected chi connectivity index (χ1v) is 8.83. The summed E-state index contributed by atoms with van der Waals surface area (Å²) in [7, 11) is 0. The largest absolute Gasteiger partial charge is 0.378 e. The van der Waals surface area contributed by atoms with Crippen LogP contribution in [-0.2, 0) is 9.53 Å². The highest BCUT2D eigenvalue weighted by atomic mass is 35.5. The number of carbonyl (C=O) groups is 1. The molecule has 22 heavy (non-hydrogen) atoms. The van der Waals surface area contributed by atoms with E-state index in [-0.39, 0.29) is 12.4 Å². The molecule has 1 amide bonds. The minimum atomic E-state index is 0. The van der Waals surface area contributed by atoms with E-state index in [4.69, 9.17) is 4.74 Å². The molecule has 2 spiro atoms. The van der Waals surface area contributed by atoms with Crippen LogP contribution in [0.15, 0.2) is 0 Å². The third kappa shape index (κ3) is 2.38. The van der Waals surface area contributed by atoms with Gasteiger partial charge in [0.05, 0.1) is 6.10 Å². The Bertz CT molecular complexity index is 432. The quantitative estimate of drug-likeness (QED) is 0.832. The topological polar surface area (TPSA) is 50.4 Å². The van der Waals surface area contributed by atoms with Gasteiger partial charge < -0.3 is 15.4 Å². The number of carbonyl (C=O) groups excluding carboxylic acids is 1. The summed E-state index contributed by atoms with van der Waals surface area (Å²) in [5, 5.41) is 6.80. The van der Waals surface area contributed by atoms with E-state index in [1.54, 1.807) is 0 Å². The number of hydrogen-bond donors (Lipinski definition) is 2. The van der Waals surface area contributed by atoms with Crippen molar-refractivity contribution < 1.29 is 9.53 Å². The van der Waals surface area contributed by atoms with E-state index in [1.165, 1.54) is 32.1 Å². The molecule has 0 radical (unpaired) electrons. The third-order valence-electron chi connectivity index (χ3n) is 6.86. The zero-order valence-electron chi connectivity index (χ0n) is 13.5. The Labute approximate surface area is 139 Å². The summed E-state index contributed by atoms with van der Waals surface area (Å²) in [6.07, 6.45) is 8.69. The second-order valence-electron chi connectivity index (χ2n) is 7.70. The Kier molecular flexibility index (Phi) is 4.47. The van der Waals surface area contributed by atoms with E-state index in [2.05, 4.69) is 17.6 Å². The molecule has 4 aliphatic rings. The zero-order chi connectivity index (χ0) is 14.5. The molecular weight excluding hydrogens is 300 g/mol. The molecule has 0 aromatic carbocycles. The SMILES string of the molecule is CCOC1CC(NC(=O)C2CC23CCNCC3)C12CCC2.Cl. The standard InChI is InChI=1S/C17H28N2O2.ClH/c1-2-21-14-10-13(17(14)4-3-5-17)19-15(20)12-11-16(12)6-8-18-9-7-16;/h12-14,18H,2-11H2,1H3,(H,19,20);1H. The normalized spacial score (nSPS) is 36.9. The fourth-order valence-electron chi connectivity index (χ4n) is 5.11. The van der Waals surface area contributed by atoms with Crippen molar-refractivity contribution in [3.63, 3.8) is 0 Å². The van der Waals surface area contributed by atoms with Gasteiger partial charge in [0.1, 0.15) is 0 Å². The van der Waals surface area contributed by atoms with Gasteiger partial charge in [0.2, 0.25) is 5.91 Å². The summed E-state index contributed by atoms with van der Waals surface area (Å²) in [4.78, 5) is 12.6. The van der Waals surface area contributed by atoms with E-state index in [0.717, 1.165) is 32.5 Å². The molecule has 3 atom stereocenters. The molecule has 3 unspecified atom stereocenters. The fraction of sp³-hybridized carbons (Fsp3) is 0.941. The summed E-state index contributed by atoms with van der Waals surface area (Å²) < 4.78 is 5.87. The highest BCUT2D eigenvalue weighted by Gasteiger charge is 2.62. The van der Waals surface area contributed by atoms with Crippen LogP contribution in [0.1, 0.15) is 51.9 Å². The van der Waals surface area contributed by atoms with Crippen molar-refractivity contribution in [3.05, 3.63) is 0 Å². The first kappa shape index (κ1) is 16.5. The van der Waals surface area contributed by atoms with Gasteiger partial charge in [-0.25, -0.2) is 0 Å². The van der Waals surface area contributed by atoms with Crippen molar-refractivity contribution in [1.82, 2.24) is 10.6 Å². The summed E-state index contributed by atoms with van der Waals surface area (Å²) >= 11 is 0. The average molecular weight is 329 g/mol. The highest BCUT2D eigenvalue weighted by molar-refractivity contribution is 5.85. The minimum Gasteiger partial charge on any atom is -0.378 e. The van der Waals surface area contributed by atoms with Crippen molar-refractivity contribution in [1.29, 1.82) is 0 Å². The maximum atomic E-state index is 12.6. The molecule has 2 N–H and O–H groups in total. The van der Waals surface area contributed by atoms with Crippen LogP contribution in [0.25, 0.3) is 0 Å². The number of ether oxygens (including phenoxy) is 1. The molecule has 4 nitrogen and oxygen atoms in total. The third-order valence-corrected chi connectivity index (χ3v) is 6.86. The van der Waals surface area contributed by atoms with Gasteiger partial charge in [-0.1, -0.05) is 6.42 Å². The Hall–Kier alpha value is -0.320. The maximum Gasteiger partial charge on any atom is 0.223 e. The maximum absolute atomic E-state index is 12.6. The fourth-order valence-corrected chi connectivity index (χ4v) is 5.11. The lowest BCUT2D eigenvalue weighted by molar-refractivity contribution is -0.176. The van der Waals surface area contributed by atoms with Crippen molar-refractivity contribution in [2.75, 3.05) is 19.7 Å². The van der Waals surface area contributed by atoms with Crippen LogP contribution >= 0.6 is 12.4 Å². The molecule has 5 heteroatoms. The molecule has 1 saturated heterocycles. The number of piperidine rings is 1. The average Bonchev–Trinajstić information content (AvgIpc) is 3.10. The summed E-state index contributed by atoms with van der Waals surface area (Å²) in [6, 6.07) is 0.384. The lowest BCUT2D eigenvalue weighted by atomic mass is 9.51. The van der Waals surface area contributed by atoms with Gasteiger partial charge in [-0.3, -0.25) is 4.79 Å². The summed E-state index contributed by atoms with van der Waals surface area (Å²) in [5.74, 6) is 0.631. The molecule has 1 heterocycles. The number of amides is 1. The molecular formula is C17H29ClN2O2. The Morgan fingerprint density at radius 2 is 2.00 bits per heavy atom. The molecule has 3 aliphatic carbocycles. The second kappa shape index (κ2) is 5.95. The predicted octanol–water partition coefficient (Wildman–Crippen LogP) is 2.26. The first-order chi connectivity index (χ1) is 10.2. The molecule has 126 valence electrons. The van der Waals surface area contributed by atoms with E-state index < -0.39 is 0 Å². The van der Waals surface area contributed by atoms with Crippen molar-refractivity contribution in [3.8, 4) is 0 Å². The Morgan fingerprint density at radius 3 is 2.59 bits per heavy atom. The van der Waals surface area contributed by atoms with Crippen LogP contribution in [0.5, 0.6) is 0 Å². The summed E-state index contributed by atoms with van der Waals surface area (Å²) in [6.45, 7) is 5.04. The zero-order valence-corrected chi connectivity index (χ0v) is 14.3. The second-order valence-corrected chi connectivity index (χ2v) is 7.70. The van der Waals surface area contributed by atoms with E-state index in [0.29, 0.717) is 34.8 Å². The molecule has 3 saturated carbocycles. The first-order valence-electron chi connectivity index (χ1n) is 8.83.